The SMILES string of the molecule is C[C@@H]1[C@@H]2[C@H](CN1C(=O)OC(C)(C)C)C2(C)C. The van der Waals surface area contributed by atoms with Gasteiger partial charge in [-0.2, -0.15) is 0 Å². The molecule has 0 bridgehead atoms. The van der Waals surface area contributed by atoms with Crippen LogP contribution in [0, 0.1) is 17.3 Å². The number of hydrogen-bond acceptors (Lipinski definition) is 2. The number of ether oxygens (including phenoxy) is 1. The van der Waals surface area contributed by atoms with Gasteiger partial charge in [-0.25, -0.2) is 4.79 Å². The van der Waals surface area contributed by atoms with Crippen LogP contribution in [0.5, 0.6) is 0 Å². The van der Waals surface area contributed by atoms with E-state index < -0.39 is 0 Å². The lowest BCUT2D eigenvalue weighted by molar-refractivity contribution is 0.0180. The van der Waals surface area contributed by atoms with Crippen LogP contribution in [-0.2, 0) is 4.74 Å². The maximum Gasteiger partial charge on any atom is 0.410 e. The zero-order valence-corrected chi connectivity index (χ0v) is 11.2. The second kappa shape index (κ2) is 3.14. The van der Waals surface area contributed by atoms with E-state index in [4.69, 9.17) is 4.74 Å². The molecule has 0 spiro atoms. The van der Waals surface area contributed by atoms with E-state index in [1.54, 1.807) is 0 Å². The molecule has 0 N–H and O–H groups in total. The standard InChI is InChI=1S/C13H23NO2/c1-8-10-9(13(10,5)6)7-14(8)11(15)16-12(2,3)4/h8-10H,7H2,1-6H3/t8-,9+,10-/m1/s1. The Bertz CT molecular complexity index is 316. The fourth-order valence-corrected chi connectivity index (χ4v) is 3.23. The fraction of sp³-hybridized carbons (Fsp3) is 0.923. The first-order valence-electron chi connectivity index (χ1n) is 6.14. The van der Waals surface area contributed by atoms with Gasteiger partial charge in [0.15, 0.2) is 0 Å². The molecule has 2 rings (SSSR count). The highest BCUT2D eigenvalue weighted by atomic mass is 16.6. The van der Waals surface area contributed by atoms with Gasteiger partial charge in [0.2, 0.25) is 0 Å². The number of nitrogens with zero attached hydrogens (tertiary/aromatic N) is 1. The van der Waals surface area contributed by atoms with Crippen LogP contribution >= 0.6 is 0 Å². The highest BCUT2D eigenvalue weighted by Gasteiger charge is 2.66. The van der Waals surface area contributed by atoms with Gasteiger partial charge < -0.3 is 9.64 Å². The predicted molar refractivity (Wildman–Crippen MR) is 63.2 cm³/mol. The molecule has 1 aliphatic heterocycles. The summed E-state index contributed by atoms with van der Waals surface area (Å²) in [6.45, 7) is 13.3. The van der Waals surface area contributed by atoms with Crippen molar-refractivity contribution >= 4 is 6.09 Å². The molecule has 0 aromatic rings. The molecular weight excluding hydrogens is 202 g/mol. The maximum atomic E-state index is 12.0. The molecule has 3 atom stereocenters. The van der Waals surface area contributed by atoms with Crippen molar-refractivity contribution < 1.29 is 9.53 Å². The van der Waals surface area contributed by atoms with E-state index in [0.29, 0.717) is 23.3 Å². The molecular formula is C13H23NO2. The molecule has 0 aromatic heterocycles. The number of rotatable bonds is 0. The van der Waals surface area contributed by atoms with Crippen molar-refractivity contribution in [1.82, 2.24) is 4.90 Å². The first-order valence-corrected chi connectivity index (χ1v) is 6.14. The second-order valence-corrected chi connectivity index (χ2v) is 6.83. The molecule has 1 saturated heterocycles. The minimum Gasteiger partial charge on any atom is -0.444 e. The fourth-order valence-electron chi connectivity index (χ4n) is 3.23. The Morgan fingerprint density at radius 3 is 2.31 bits per heavy atom. The van der Waals surface area contributed by atoms with Gasteiger partial charge in [-0.15, -0.1) is 0 Å². The van der Waals surface area contributed by atoms with Crippen molar-refractivity contribution in [3.63, 3.8) is 0 Å². The molecule has 92 valence electrons. The van der Waals surface area contributed by atoms with Crippen LogP contribution in [0.1, 0.15) is 41.5 Å². The first kappa shape index (κ1) is 11.7. The molecule has 0 radical (unpaired) electrons. The largest absolute Gasteiger partial charge is 0.444 e. The van der Waals surface area contributed by atoms with Crippen LogP contribution in [0.4, 0.5) is 4.79 Å². The predicted octanol–water partition coefficient (Wildman–Crippen LogP) is 2.90. The molecule has 16 heavy (non-hydrogen) atoms. The van der Waals surface area contributed by atoms with Gasteiger partial charge in [0.1, 0.15) is 5.60 Å². The van der Waals surface area contributed by atoms with Crippen LogP contribution in [-0.4, -0.2) is 29.2 Å². The summed E-state index contributed by atoms with van der Waals surface area (Å²) >= 11 is 0. The number of fused-ring (bicyclic) bond motifs is 1. The summed E-state index contributed by atoms with van der Waals surface area (Å²) in [5.41, 5.74) is 0.0387. The Labute approximate surface area is 98.1 Å². The highest BCUT2D eigenvalue weighted by Crippen LogP contribution is 2.64. The Morgan fingerprint density at radius 1 is 1.38 bits per heavy atom. The van der Waals surface area contributed by atoms with Crippen LogP contribution in [0.15, 0.2) is 0 Å². The number of carbonyl (C=O) groups is 1. The lowest BCUT2D eigenvalue weighted by Gasteiger charge is -2.30. The summed E-state index contributed by atoms with van der Waals surface area (Å²) in [4.78, 5) is 13.8. The number of piperidine rings is 1. The number of amides is 1. The van der Waals surface area contributed by atoms with Crippen molar-refractivity contribution in [2.45, 2.75) is 53.2 Å². The molecule has 2 aliphatic rings. The lowest BCUT2D eigenvalue weighted by Crippen LogP contribution is -2.42. The van der Waals surface area contributed by atoms with Gasteiger partial charge in [0.05, 0.1) is 0 Å². The van der Waals surface area contributed by atoms with E-state index in [0.717, 1.165) is 6.54 Å². The summed E-state index contributed by atoms with van der Waals surface area (Å²) in [6, 6.07) is 0.329. The van der Waals surface area contributed by atoms with E-state index >= 15 is 0 Å². The third-order valence-electron chi connectivity index (χ3n) is 4.17. The smallest absolute Gasteiger partial charge is 0.410 e. The molecule has 1 aliphatic carbocycles. The summed E-state index contributed by atoms with van der Waals surface area (Å²) in [5.74, 6) is 1.34. The second-order valence-electron chi connectivity index (χ2n) is 6.83. The number of likely N-dealkylation sites (tertiary alicyclic amines) is 1. The molecule has 3 heteroatoms. The summed E-state index contributed by atoms with van der Waals surface area (Å²) in [5, 5.41) is 0. The average molecular weight is 225 g/mol. The van der Waals surface area contributed by atoms with Crippen molar-refractivity contribution in [3.8, 4) is 0 Å². The van der Waals surface area contributed by atoms with Crippen LogP contribution in [0.25, 0.3) is 0 Å². The molecule has 1 saturated carbocycles. The highest BCUT2D eigenvalue weighted by molar-refractivity contribution is 5.69. The molecule has 1 heterocycles. The minimum absolute atomic E-state index is 0.150. The summed E-state index contributed by atoms with van der Waals surface area (Å²) in [7, 11) is 0. The Morgan fingerprint density at radius 2 is 1.94 bits per heavy atom. The number of hydrogen-bond donors (Lipinski definition) is 0. The van der Waals surface area contributed by atoms with Gasteiger partial charge in [0, 0.05) is 12.6 Å². The molecule has 0 unspecified atom stereocenters. The molecule has 1 amide bonds. The first-order chi connectivity index (χ1) is 7.14. The minimum atomic E-state index is -0.390. The normalized spacial score (nSPS) is 35.9. The summed E-state index contributed by atoms with van der Waals surface area (Å²) in [6.07, 6.45) is -0.150. The van der Waals surface area contributed by atoms with Crippen molar-refractivity contribution in [2.75, 3.05) is 6.54 Å². The molecule has 0 aromatic carbocycles. The molecule has 2 fully saturated rings. The van der Waals surface area contributed by atoms with E-state index in [-0.39, 0.29) is 11.7 Å². The summed E-state index contributed by atoms with van der Waals surface area (Å²) < 4.78 is 5.42. The molecule has 3 nitrogen and oxygen atoms in total. The Hall–Kier alpha value is -0.730. The van der Waals surface area contributed by atoms with Gasteiger partial charge in [-0.05, 0) is 44.9 Å². The average Bonchev–Trinajstić information content (AvgIpc) is 2.45. The van der Waals surface area contributed by atoms with E-state index in [9.17, 15) is 4.79 Å². The van der Waals surface area contributed by atoms with E-state index in [2.05, 4.69) is 20.8 Å². The van der Waals surface area contributed by atoms with Gasteiger partial charge in [0.25, 0.3) is 0 Å². The van der Waals surface area contributed by atoms with E-state index in [1.165, 1.54) is 0 Å². The van der Waals surface area contributed by atoms with E-state index in [1.807, 2.05) is 25.7 Å². The Kier molecular flexibility index (Phi) is 2.31. The van der Waals surface area contributed by atoms with Gasteiger partial charge in [-0.1, -0.05) is 13.8 Å². The van der Waals surface area contributed by atoms with Crippen LogP contribution in [0.2, 0.25) is 0 Å². The topological polar surface area (TPSA) is 29.5 Å². The van der Waals surface area contributed by atoms with Crippen molar-refractivity contribution in [3.05, 3.63) is 0 Å². The van der Waals surface area contributed by atoms with Gasteiger partial charge in [-0.3, -0.25) is 0 Å². The number of carbonyl (C=O) groups excluding carboxylic acids is 1. The van der Waals surface area contributed by atoms with Crippen molar-refractivity contribution in [2.24, 2.45) is 17.3 Å². The van der Waals surface area contributed by atoms with Gasteiger partial charge >= 0.3 is 6.09 Å². The van der Waals surface area contributed by atoms with Crippen molar-refractivity contribution in [1.29, 1.82) is 0 Å². The zero-order valence-electron chi connectivity index (χ0n) is 11.2. The quantitative estimate of drug-likeness (QED) is 0.634. The Balaban J connectivity index is 1.98. The third kappa shape index (κ3) is 1.70. The zero-order chi connectivity index (χ0) is 12.3. The third-order valence-corrected chi connectivity index (χ3v) is 4.17. The maximum absolute atomic E-state index is 12.0. The lowest BCUT2D eigenvalue weighted by atomic mass is 10.0. The van der Waals surface area contributed by atoms with Crippen LogP contribution in [0.3, 0.4) is 0 Å². The monoisotopic (exact) mass is 225 g/mol. The van der Waals surface area contributed by atoms with Crippen LogP contribution < -0.4 is 0 Å².